The van der Waals surface area contributed by atoms with Gasteiger partial charge >= 0.3 is 0 Å². The molecule has 0 amide bonds. The summed E-state index contributed by atoms with van der Waals surface area (Å²) in [6.45, 7) is 2.67. The highest BCUT2D eigenvalue weighted by Gasteiger charge is 2.04. The summed E-state index contributed by atoms with van der Waals surface area (Å²) in [5.41, 5.74) is 0.791. The highest BCUT2D eigenvalue weighted by molar-refractivity contribution is 6.44. The maximum Gasteiger partial charge on any atom is 0.0653 e. The third kappa shape index (κ3) is 3.09. The van der Waals surface area contributed by atoms with E-state index in [9.17, 15) is 0 Å². The van der Waals surface area contributed by atoms with Crippen molar-refractivity contribution < 1.29 is 0 Å². The minimum atomic E-state index is 0.466. The zero-order valence-corrected chi connectivity index (χ0v) is 9.92. The van der Waals surface area contributed by atoms with E-state index in [2.05, 4.69) is 5.32 Å². The van der Waals surface area contributed by atoms with Crippen LogP contribution in [0.2, 0.25) is 15.1 Å². The highest BCUT2D eigenvalue weighted by atomic mass is 35.5. The number of nitrogens with one attached hydrogen (secondary N) is 1. The molecule has 1 aromatic carbocycles. The summed E-state index contributed by atoms with van der Waals surface area (Å²) in [6.07, 6.45) is 3.94. The number of anilines is 1. The summed E-state index contributed by atoms with van der Waals surface area (Å²) in [6, 6.07) is 3.35. The lowest BCUT2D eigenvalue weighted by molar-refractivity contribution is 1.33. The molecule has 0 unspecified atom stereocenters. The van der Waals surface area contributed by atoms with Crippen molar-refractivity contribution in [3.05, 3.63) is 39.4 Å². The van der Waals surface area contributed by atoms with Crippen LogP contribution in [0.1, 0.15) is 6.92 Å². The van der Waals surface area contributed by atoms with Gasteiger partial charge in [-0.1, -0.05) is 47.0 Å². The van der Waals surface area contributed by atoms with Gasteiger partial charge in [0, 0.05) is 6.54 Å². The number of halogens is 3. The normalized spacial score (nSPS) is 10.9. The summed E-state index contributed by atoms with van der Waals surface area (Å²) in [5, 5.41) is 4.66. The van der Waals surface area contributed by atoms with Crippen molar-refractivity contribution in [3.8, 4) is 0 Å². The first-order valence-corrected chi connectivity index (χ1v) is 5.28. The standard InChI is InChI=1S/C10H10Cl3N/c1-2-3-4-14-10-6-8(12)7(11)5-9(10)13/h2-3,5-6,14H,4H2,1H3/b3-2+. The van der Waals surface area contributed by atoms with E-state index in [4.69, 9.17) is 34.8 Å². The van der Waals surface area contributed by atoms with Crippen LogP contribution in [0.15, 0.2) is 24.3 Å². The topological polar surface area (TPSA) is 12.0 Å². The number of hydrogen-bond donors (Lipinski definition) is 1. The van der Waals surface area contributed by atoms with Crippen molar-refractivity contribution in [1.82, 2.24) is 0 Å². The Morgan fingerprint density at radius 2 is 1.79 bits per heavy atom. The first-order valence-electron chi connectivity index (χ1n) is 4.14. The van der Waals surface area contributed by atoms with Crippen molar-refractivity contribution in [3.63, 3.8) is 0 Å². The van der Waals surface area contributed by atoms with Gasteiger partial charge in [0.2, 0.25) is 0 Å². The Labute approximate surface area is 98.7 Å². The van der Waals surface area contributed by atoms with Crippen LogP contribution < -0.4 is 5.32 Å². The zero-order valence-electron chi connectivity index (χ0n) is 7.65. The van der Waals surface area contributed by atoms with Gasteiger partial charge in [-0.05, 0) is 19.1 Å². The number of hydrogen-bond acceptors (Lipinski definition) is 1. The molecule has 0 fully saturated rings. The maximum atomic E-state index is 5.95. The first-order chi connectivity index (χ1) is 6.65. The second kappa shape index (κ2) is 5.50. The largest absolute Gasteiger partial charge is 0.380 e. The Morgan fingerprint density at radius 3 is 2.43 bits per heavy atom. The Balaban J connectivity index is 2.81. The van der Waals surface area contributed by atoms with Gasteiger partial charge in [-0.25, -0.2) is 0 Å². The van der Waals surface area contributed by atoms with Crippen LogP contribution in [0.25, 0.3) is 0 Å². The molecule has 76 valence electrons. The van der Waals surface area contributed by atoms with Gasteiger partial charge in [0.1, 0.15) is 0 Å². The van der Waals surface area contributed by atoms with Gasteiger partial charge < -0.3 is 5.32 Å². The van der Waals surface area contributed by atoms with Crippen molar-refractivity contribution in [2.24, 2.45) is 0 Å². The minimum Gasteiger partial charge on any atom is -0.380 e. The second-order valence-corrected chi connectivity index (χ2v) is 3.92. The Bertz CT molecular complexity index is 347. The molecule has 1 rings (SSSR count). The molecular formula is C10H10Cl3N. The van der Waals surface area contributed by atoms with Crippen LogP contribution in [0.4, 0.5) is 5.69 Å². The molecule has 0 saturated heterocycles. The smallest absolute Gasteiger partial charge is 0.0653 e. The van der Waals surface area contributed by atoms with E-state index in [1.165, 1.54) is 0 Å². The van der Waals surface area contributed by atoms with Crippen molar-refractivity contribution in [1.29, 1.82) is 0 Å². The van der Waals surface area contributed by atoms with Crippen LogP contribution in [0.5, 0.6) is 0 Å². The lowest BCUT2D eigenvalue weighted by atomic mass is 10.3. The molecule has 0 heterocycles. The van der Waals surface area contributed by atoms with E-state index in [1.807, 2.05) is 19.1 Å². The lowest BCUT2D eigenvalue weighted by Gasteiger charge is -2.07. The predicted molar refractivity (Wildman–Crippen MR) is 64.8 cm³/mol. The van der Waals surface area contributed by atoms with Gasteiger partial charge in [-0.2, -0.15) is 0 Å². The molecule has 0 atom stereocenters. The summed E-state index contributed by atoms with van der Waals surface area (Å²) in [7, 11) is 0. The monoisotopic (exact) mass is 249 g/mol. The van der Waals surface area contributed by atoms with E-state index in [0.29, 0.717) is 21.6 Å². The van der Waals surface area contributed by atoms with Gasteiger partial charge in [-0.15, -0.1) is 0 Å². The number of benzene rings is 1. The second-order valence-electron chi connectivity index (χ2n) is 2.70. The van der Waals surface area contributed by atoms with Gasteiger partial charge in [0.25, 0.3) is 0 Å². The van der Waals surface area contributed by atoms with Crippen LogP contribution >= 0.6 is 34.8 Å². The average Bonchev–Trinajstić information content (AvgIpc) is 2.14. The Kier molecular flexibility index (Phi) is 4.59. The number of allylic oxidation sites excluding steroid dienone is 1. The van der Waals surface area contributed by atoms with Crippen LogP contribution in [0, 0.1) is 0 Å². The van der Waals surface area contributed by atoms with E-state index >= 15 is 0 Å². The third-order valence-corrected chi connectivity index (χ3v) is 2.69. The minimum absolute atomic E-state index is 0.466. The fraction of sp³-hybridized carbons (Fsp3) is 0.200. The van der Waals surface area contributed by atoms with Crippen LogP contribution in [-0.4, -0.2) is 6.54 Å². The molecule has 0 aliphatic heterocycles. The quantitative estimate of drug-likeness (QED) is 0.609. The van der Waals surface area contributed by atoms with E-state index in [-0.39, 0.29) is 0 Å². The maximum absolute atomic E-state index is 5.95. The molecule has 14 heavy (non-hydrogen) atoms. The fourth-order valence-electron chi connectivity index (χ4n) is 0.945. The first kappa shape index (κ1) is 11.7. The third-order valence-electron chi connectivity index (χ3n) is 1.66. The van der Waals surface area contributed by atoms with Crippen molar-refractivity contribution >= 4 is 40.5 Å². The zero-order chi connectivity index (χ0) is 10.6. The Hall–Kier alpha value is -0.370. The summed E-state index contributed by atoms with van der Waals surface area (Å²) in [5.74, 6) is 0. The molecule has 4 heteroatoms. The van der Waals surface area contributed by atoms with Gasteiger partial charge in [0.05, 0.1) is 20.8 Å². The van der Waals surface area contributed by atoms with E-state index < -0.39 is 0 Å². The molecule has 0 bridgehead atoms. The molecular weight excluding hydrogens is 240 g/mol. The Morgan fingerprint density at radius 1 is 1.14 bits per heavy atom. The predicted octanol–water partition coefficient (Wildman–Crippen LogP) is 4.63. The molecule has 1 nitrogen and oxygen atoms in total. The molecule has 0 aromatic heterocycles. The average molecular weight is 251 g/mol. The number of rotatable bonds is 3. The molecule has 0 radical (unpaired) electrons. The van der Waals surface area contributed by atoms with Gasteiger partial charge in [-0.3, -0.25) is 0 Å². The summed E-state index contributed by atoms with van der Waals surface area (Å²) >= 11 is 17.6. The molecule has 0 saturated carbocycles. The van der Waals surface area contributed by atoms with Crippen LogP contribution in [0.3, 0.4) is 0 Å². The molecule has 1 aromatic rings. The SMILES string of the molecule is C/C=C/CNc1cc(Cl)c(Cl)cc1Cl. The molecule has 0 aliphatic rings. The molecule has 1 N–H and O–H groups in total. The highest BCUT2D eigenvalue weighted by Crippen LogP contribution is 2.31. The fourth-order valence-corrected chi connectivity index (χ4v) is 1.56. The van der Waals surface area contributed by atoms with Crippen LogP contribution in [-0.2, 0) is 0 Å². The van der Waals surface area contributed by atoms with E-state index in [1.54, 1.807) is 12.1 Å². The van der Waals surface area contributed by atoms with Crippen molar-refractivity contribution in [2.45, 2.75) is 6.92 Å². The van der Waals surface area contributed by atoms with Gasteiger partial charge in [0.15, 0.2) is 0 Å². The molecule has 0 aliphatic carbocycles. The summed E-state index contributed by atoms with van der Waals surface area (Å²) in [4.78, 5) is 0. The lowest BCUT2D eigenvalue weighted by Crippen LogP contribution is -1.98. The summed E-state index contributed by atoms with van der Waals surface area (Å²) < 4.78 is 0. The van der Waals surface area contributed by atoms with Crippen molar-refractivity contribution in [2.75, 3.05) is 11.9 Å². The molecule has 0 spiro atoms. The van der Waals surface area contributed by atoms with E-state index in [0.717, 1.165) is 5.69 Å².